The van der Waals surface area contributed by atoms with Crippen LogP contribution in [0.2, 0.25) is 0 Å². The van der Waals surface area contributed by atoms with Gasteiger partial charge in [0.05, 0.1) is 6.54 Å². The zero-order valence-corrected chi connectivity index (χ0v) is 10.1. The van der Waals surface area contributed by atoms with Gasteiger partial charge in [-0.2, -0.15) is 0 Å². The first-order valence-corrected chi connectivity index (χ1v) is 5.89. The Kier molecular flexibility index (Phi) is 2.82. The van der Waals surface area contributed by atoms with Crippen LogP contribution in [0.25, 0.3) is 32.2 Å². The molecule has 0 saturated carbocycles. The highest BCUT2D eigenvalue weighted by Crippen LogP contribution is 2.25. The summed E-state index contributed by atoms with van der Waals surface area (Å²) < 4.78 is 0. The van der Waals surface area contributed by atoms with Crippen molar-refractivity contribution in [1.82, 2.24) is 4.98 Å². The van der Waals surface area contributed by atoms with Crippen molar-refractivity contribution in [2.45, 2.75) is 0 Å². The first kappa shape index (κ1) is 11.2. The van der Waals surface area contributed by atoms with Gasteiger partial charge in [-0.1, -0.05) is 35.2 Å². The molecule has 1 aromatic heterocycles. The molecular weight excluding hydrogens is 236 g/mol. The Hall–Kier alpha value is -2.89. The van der Waals surface area contributed by atoms with Gasteiger partial charge in [-0.05, 0) is 29.8 Å². The molecule has 90 valence electrons. The largest absolute Gasteiger partial charge is 0.355 e. The van der Waals surface area contributed by atoms with E-state index in [1.54, 1.807) is 0 Å². The lowest BCUT2D eigenvalue weighted by Crippen LogP contribution is -1.76. The van der Waals surface area contributed by atoms with E-state index >= 15 is 0 Å². The van der Waals surface area contributed by atoms with Crippen LogP contribution in [0.1, 0.15) is 5.56 Å². The molecule has 4 nitrogen and oxygen atoms in total. The average molecular weight is 246 g/mol. The second-order valence-electron chi connectivity index (χ2n) is 4.12. The number of para-hydroxylation sites is 1. The van der Waals surface area contributed by atoms with Crippen molar-refractivity contribution in [1.29, 1.82) is 0 Å². The second kappa shape index (κ2) is 4.77. The Morgan fingerprint density at radius 1 is 1.11 bits per heavy atom. The molecule has 0 saturated heterocycles. The minimum absolute atomic E-state index is 0.197. The number of nitrogens with zero attached hydrogens (tertiary/aromatic N) is 3. The van der Waals surface area contributed by atoms with E-state index in [4.69, 9.17) is 5.53 Å². The highest BCUT2D eigenvalue weighted by Gasteiger charge is 2.03. The molecule has 1 heterocycles. The highest BCUT2D eigenvalue weighted by atomic mass is 15.1. The monoisotopic (exact) mass is 246 g/mol. The molecule has 0 radical (unpaired) electrons. The molecule has 1 N–H and O–H groups in total. The summed E-state index contributed by atoms with van der Waals surface area (Å²) in [6, 6.07) is 14.2. The molecule has 0 spiro atoms. The summed E-state index contributed by atoms with van der Waals surface area (Å²) in [5.41, 5.74) is 11.3. The maximum Gasteiger partial charge on any atom is 0.0880 e. The molecule has 3 aromatic rings. The number of aromatic amines is 1. The quantitative estimate of drug-likeness (QED) is 0.292. The summed E-state index contributed by atoms with van der Waals surface area (Å²) in [5.74, 6) is 5.82. The minimum atomic E-state index is 0.197. The van der Waals surface area contributed by atoms with Gasteiger partial charge in [0.1, 0.15) is 0 Å². The SMILES string of the molecule is [N-]=[N+]=NCC#Cc1ccc2[nH]c3ccccc3c2c1. The van der Waals surface area contributed by atoms with Gasteiger partial charge in [-0.15, -0.1) is 0 Å². The fraction of sp³-hybridized carbons (Fsp3) is 0.0667. The lowest BCUT2D eigenvalue weighted by atomic mass is 10.1. The number of azide groups is 1. The lowest BCUT2D eigenvalue weighted by molar-refractivity contribution is 1.25. The zero-order valence-electron chi connectivity index (χ0n) is 10.1. The van der Waals surface area contributed by atoms with E-state index in [1.165, 1.54) is 5.39 Å². The maximum absolute atomic E-state index is 8.18. The first-order valence-electron chi connectivity index (χ1n) is 5.89. The van der Waals surface area contributed by atoms with Crippen LogP contribution in [-0.2, 0) is 0 Å². The minimum Gasteiger partial charge on any atom is -0.355 e. The van der Waals surface area contributed by atoms with Crippen molar-refractivity contribution in [2.75, 3.05) is 6.54 Å². The normalized spacial score (nSPS) is 9.89. The number of hydrogen-bond donors (Lipinski definition) is 1. The Morgan fingerprint density at radius 2 is 1.95 bits per heavy atom. The topological polar surface area (TPSA) is 64.6 Å². The second-order valence-corrected chi connectivity index (χ2v) is 4.12. The molecule has 0 fully saturated rings. The molecule has 3 rings (SSSR count). The molecule has 0 aliphatic heterocycles. The van der Waals surface area contributed by atoms with Crippen LogP contribution in [0.15, 0.2) is 47.6 Å². The molecule has 0 aliphatic carbocycles. The van der Waals surface area contributed by atoms with E-state index in [0.29, 0.717) is 0 Å². The summed E-state index contributed by atoms with van der Waals surface area (Å²) >= 11 is 0. The number of H-pyrrole nitrogens is 1. The third kappa shape index (κ3) is 2.11. The van der Waals surface area contributed by atoms with Crippen molar-refractivity contribution < 1.29 is 0 Å². The number of fused-ring (bicyclic) bond motifs is 3. The third-order valence-electron chi connectivity index (χ3n) is 2.95. The van der Waals surface area contributed by atoms with E-state index in [1.807, 2.05) is 24.3 Å². The molecule has 0 bridgehead atoms. The summed E-state index contributed by atoms with van der Waals surface area (Å²) in [6.07, 6.45) is 0. The summed E-state index contributed by atoms with van der Waals surface area (Å²) in [7, 11) is 0. The van der Waals surface area contributed by atoms with Crippen LogP contribution in [0.3, 0.4) is 0 Å². The maximum atomic E-state index is 8.18. The van der Waals surface area contributed by atoms with E-state index in [-0.39, 0.29) is 6.54 Å². The van der Waals surface area contributed by atoms with Crippen LogP contribution in [0, 0.1) is 11.8 Å². The Morgan fingerprint density at radius 3 is 2.84 bits per heavy atom. The van der Waals surface area contributed by atoms with Crippen LogP contribution >= 0.6 is 0 Å². The zero-order chi connectivity index (χ0) is 13.1. The number of rotatable bonds is 1. The van der Waals surface area contributed by atoms with Crippen LogP contribution in [-0.4, -0.2) is 11.5 Å². The van der Waals surface area contributed by atoms with Crippen molar-refractivity contribution in [3.8, 4) is 11.8 Å². The van der Waals surface area contributed by atoms with Gasteiger partial charge in [0.2, 0.25) is 0 Å². The van der Waals surface area contributed by atoms with Crippen molar-refractivity contribution in [2.24, 2.45) is 5.11 Å². The van der Waals surface area contributed by atoms with Gasteiger partial charge in [-0.3, -0.25) is 0 Å². The van der Waals surface area contributed by atoms with Gasteiger partial charge < -0.3 is 4.98 Å². The van der Waals surface area contributed by atoms with Crippen LogP contribution in [0.4, 0.5) is 0 Å². The van der Waals surface area contributed by atoms with E-state index in [2.05, 4.69) is 45.0 Å². The summed E-state index contributed by atoms with van der Waals surface area (Å²) in [5, 5.41) is 5.74. The molecule has 2 aromatic carbocycles. The van der Waals surface area contributed by atoms with Gasteiger partial charge >= 0.3 is 0 Å². The molecule has 0 atom stereocenters. The molecule has 19 heavy (non-hydrogen) atoms. The van der Waals surface area contributed by atoms with Gasteiger partial charge in [0.25, 0.3) is 0 Å². The van der Waals surface area contributed by atoms with E-state index in [9.17, 15) is 0 Å². The third-order valence-corrected chi connectivity index (χ3v) is 2.95. The van der Waals surface area contributed by atoms with Crippen LogP contribution < -0.4 is 0 Å². The molecular formula is C15H10N4. The Bertz CT molecular complexity index is 858. The number of benzene rings is 2. The van der Waals surface area contributed by atoms with Crippen LogP contribution in [0.5, 0.6) is 0 Å². The van der Waals surface area contributed by atoms with Gasteiger partial charge in [0, 0.05) is 32.3 Å². The van der Waals surface area contributed by atoms with Crippen molar-refractivity contribution >= 4 is 21.8 Å². The van der Waals surface area contributed by atoms with Crippen molar-refractivity contribution in [3.63, 3.8) is 0 Å². The predicted octanol–water partition coefficient (Wildman–Crippen LogP) is 3.98. The van der Waals surface area contributed by atoms with Gasteiger partial charge in [0.15, 0.2) is 0 Å². The summed E-state index contributed by atoms with van der Waals surface area (Å²) in [4.78, 5) is 6.03. The average Bonchev–Trinajstić information content (AvgIpc) is 2.82. The predicted molar refractivity (Wildman–Crippen MR) is 76.7 cm³/mol. The Balaban J connectivity index is 2.10. The highest BCUT2D eigenvalue weighted by molar-refractivity contribution is 6.07. The standard InChI is InChI=1S/C15H10N4/c16-19-17-9-3-4-11-7-8-15-13(10-11)12-5-1-2-6-14(12)18-15/h1-2,5-8,10,18H,9H2. The van der Waals surface area contributed by atoms with Crippen molar-refractivity contribution in [3.05, 3.63) is 58.5 Å². The molecule has 4 heteroatoms. The Labute approximate surface area is 109 Å². The number of aromatic nitrogens is 1. The number of hydrogen-bond acceptors (Lipinski definition) is 1. The first-order chi connectivity index (χ1) is 9.38. The lowest BCUT2D eigenvalue weighted by Gasteiger charge is -1.92. The number of nitrogens with one attached hydrogen (secondary N) is 1. The molecule has 0 unspecified atom stereocenters. The molecule has 0 amide bonds. The molecule has 0 aliphatic rings. The fourth-order valence-electron chi connectivity index (χ4n) is 2.13. The summed E-state index contributed by atoms with van der Waals surface area (Å²) in [6.45, 7) is 0.197. The van der Waals surface area contributed by atoms with E-state index in [0.717, 1.165) is 22.0 Å². The fourth-order valence-corrected chi connectivity index (χ4v) is 2.13. The smallest absolute Gasteiger partial charge is 0.0880 e. The van der Waals surface area contributed by atoms with Gasteiger partial charge in [-0.25, -0.2) is 0 Å². The van der Waals surface area contributed by atoms with E-state index < -0.39 is 0 Å².